The Morgan fingerprint density at radius 1 is 0.151 bits per heavy atom. The van der Waals surface area contributed by atoms with Crippen LogP contribution in [0, 0.1) is 0 Å². The van der Waals surface area contributed by atoms with E-state index < -0.39 is 10.8 Å². The lowest BCUT2D eigenvalue weighted by molar-refractivity contribution is 0.768. The van der Waals surface area contributed by atoms with Crippen molar-refractivity contribution in [1.82, 2.24) is 0 Å². The molecular weight excluding hydrogens is 1280 g/mol. The van der Waals surface area contributed by atoms with Crippen LogP contribution in [-0.2, 0) is 10.8 Å². The third kappa shape index (κ3) is 10.6. The highest BCUT2D eigenvalue weighted by atomic mass is 15.2. The highest BCUT2D eigenvalue weighted by molar-refractivity contribution is 6.02. The fourth-order valence-corrected chi connectivity index (χ4v) is 17.4. The summed E-state index contributed by atoms with van der Waals surface area (Å²) in [4.78, 5) is 4.98. The van der Waals surface area contributed by atoms with E-state index in [0.717, 1.165) is 67.5 Å². The Hall–Kier alpha value is -13.7. The van der Waals surface area contributed by atoms with Crippen molar-refractivity contribution in [2.24, 2.45) is 0 Å². The molecule has 0 N–H and O–H groups in total. The average Bonchev–Trinajstić information content (AvgIpc) is 1.53. The predicted molar refractivity (Wildman–Crippen MR) is 443 cm³/mol. The maximum atomic E-state index is 2.51. The zero-order chi connectivity index (χ0) is 70.4. The molecule has 0 saturated heterocycles. The van der Waals surface area contributed by atoms with Gasteiger partial charge in [-0.3, -0.25) is 0 Å². The van der Waals surface area contributed by atoms with E-state index in [2.05, 4.69) is 447 Å². The summed E-state index contributed by atoms with van der Waals surface area (Å²) in [6, 6.07) is 161. The normalized spacial score (nSPS) is 13.6. The first-order chi connectivity index (χ1) is 52.6. The first-order valence-electron chi connectivity index (χ1n) is 36.7. The first kappa shape index (κ1) is 63.3. The number of nitrogens with zero attached hydrogens (tertiary/aromatic N) is 2. The Labute approximate surface area is 621 Å². The summed E-state index contributed by atoms with van der Waals surface area (Å²) < 4.78 is 0. The molecule has 17 aromatic rings. The lowest BCUT2D eigenvalue weighted by atomic mass is 9.67. The zero-order valence-electron chi connectivity index (χ0n) is 58.5. The Balaban J connectivity index is 0.692. The highest BCUT2D eigenvalue weighted by Gasteiger charge is 2.49. The van der Waals surface area contributed by atoms with E-state index in [-0.39, 0.29) is 0 Å². The molecule has 0 aromatic heterocycles. The molecule has 0 aliphatic heterocycles. The van der Waals surface area contributed by atoms with Gasteiger partial charge in [0.05, 0.1) is 27.9 Å². The van der Waals surface area contributed by atoms with E-state index in [1.54, 1.807) is 0 Å². The summed E-state index contributed by atoms with van der Waals surface area (Å²) >= 11 is 0. The molecule has 0 amide bonds. The van der Waals surface area contributed by atoms with E-state index in [1.807, 2.05) is 0 Å². The van der Waals surface area contributed by atoms with Gasteiger partial charge in [0, 0.05) is 33.8 Å². The maximum absolute atomic E-state index is 2.51. The van der Waals surface area contributed by atoms with Crippen molar-refractivity contribution in [2.75, 3.05) is 9.80 Å². The Morgan fingerprint density at radius 2 is 0.462 bits per heavy atom. The number of hydrogen-bond acceptors (Lipinski definition) is 2. The summed E-state index contributed by atoms with van der Waals surface area (Å²) in [5.41, 5.74) is 34.2. The molecule has 1 unspecified atom stereocenters. The molecule has 17 aromatic carbocycles. The molecule has 0 heterocycles. The lowest BCUT2D eigenvalue weighted by Gasteiger charge is -2.34. The molecule has 0 saturated carbocycles. The van der Waals surface area contributed by atoms with Gasteiger partial charge in [-0.05, 0) is 177 Å². The number of para-hydroxylation sites is 2. The second-order valence-electron chi connectivity index (χ2n) is 27.7. The quantitative estimate of drug-likeness (QED) is 0.0951. The Morgan fingerprint density at radius 3 is 0.981 bits per heavy atom. The molecule has 19 rings (SSSR count). The van der Waals surface area contributed by atoms with Crippen molar-refractivity contribution in [3.8, 4) is 89.0 Å². The molecule has 0 fully saturated rings. The molecule has 2 aliphatic carbocycles. The monoisotopic (exact) mass is 1350 g/mol. The van der Waals surface area contributed by atoms with Gasteiger partial charge < -0.3 is 9.80 Å². The van der Waals surface area contributed by atoms with Gasteiger partial charge in [0.1, 0.15) is 0 Å². The van der Waals surface area contributed by atoms with Crippen molar-refractivity contribution in [1.29, 1.82) is 0 Å². The van der Waals surface area contributed by atoms with Gasteiger partial charge >= 0.3 is 0 Å². The SMILES string of the molecule is c1ccc(-c2ccc(N(c3ccccc3-c3ccc(-c4cccc(-c5ccc(C6(c7ccccc7)c7ccccc7-c7c(N(c8ccccc8)c8ccc(-c9ccccc9)c(-c9ccccc9)c8)cccc76)cc5)c4)cc3)c3cccc4c3-c3ccccc3C4(c3ccccc3)c3ccccc3)cc2)cc1. The molecular formula is C104H72N2. The summed E-state index contributed by atoms with van der Waals surface area (Å²) in [6.07, 6.45) is 0. The molecule has 2 aliphatic rings. The van der Waals surface area contributed by atoms with Gasteiger partial charge in [0.25, 0.3) is 0 Å². The number of anilines is 6. The summed E-state index contributed by atoms with van der Waals surface area (Å²) in [6.45, 7) is 0. The molecule has 0 bridgehead atoms. The van der Waals surface area contributed by atoms with Crippen LogP contribution in [0.1, 0.15) is 44.5 Å². The number of rotatable bonds is 16. The summed E-state index contributed by atoms with van der Waals surface area (Å²) in [5.74, 6) is 0. The smallest absolute Gasteiger partial charge is 0.0714 e. The van der Waals surface area contributed by atoms with Crippen LogP contribution in [0.2, 0.25) is 0 Å². The van der Waals surface area contributed by atoms with Gasteiger partial charge in [-0.15, -0.1) is 0 Å². The van der Waals surface area contributed by atoms with Crippen LogP contribution in [-0.4, -0.2) is 0 Å². The largest absolute Gasteiger partial charge is 0.310 e. The van der Waals surface area contributed by atoms with Gasteiger partial charge in [-0.1, -0.05) is 376 Å². The minimum Gasteiger partial charge on any atom is -0.310 e. The number of hydrogen-bond donors (Lipinski definition) is 0. The molecule has 0 radical (unpaired) electrons. The standard InChI is InChI=1S/C104H72N2/c1-8-31-73(32-9-1)74-63-67-87(68-64-74)106(100-56-30-53-97-102(100)92-49-23-25-50-94(92)103(97,82-39-14-4-15-40-82)83-41-16-5-17-42-83)98-54-27-24-47-90(98)79-59-57-75(58-60-79)80-37-28-38-81(71-80)76-61-65-85(66-62-76)104(84-43-18-6-19-44-84)95-51-26-22-48-91(95)101-96(104)52-29-55-99(101)105(86-45-20-7-21-46-86)88-69-70-89(77-33-10-2-11-34-77)93(72-88)78-35-12-3-13-36-78/h1-72H. The second kappa shape index (κ2) is 26.9. The topological polar surface area (TPSA) is 6.48 Å². The van der Waals surface area contributed by atoms with Crippen LogP contribution in [0.25, 0.3) is 89.0 Å². The maximum Gasteiger partial charge on any atom is 0.0714 e. The molecule has 2 nitrogen and oxygen atoms in total. The Bertz CT molecular complexity index is 5980. The van der Waals surface area contributed by atoms with Crippen molar-refractivity contribution < 1.29 is 0 Å². The number of fused-ring (bicyclic) bond motifs is 6. The van der Waals surface area contributed by atoms with Gasteiger partial charge in [0.2, 0.25) is 0 Å². The third-order valence-corrected chi connectivity index (χ3v) is 22.1. The van der Waals surface area contributed by atoms with Crippen LogP contribution in [0.3, 0.4) is 0 Å². The minimum absolute atomic E-state index is 0.560. The van der Waals surface area contributed by atoms with Gasteiger partial charge in [-0.25, -0.2) is 0 Å². The first-order valence-corrected chi connectivity index (χ1v) is 36.7. The van der Waals surface area contributed by atoms with E-state index >= 15 is 0 Å². The van der Waals surface area contributed by atoms with Crippen LogP contribution in [0.15, 0.2) is 437 Å². The van der Waals surface area contributed by atoms with Gasteiger partial charge in [-0.2, -0.15) is 0 Å². The van der Waals surface area contributed by atoms with Crippen LogP contribution < -0.4 is 9.80 Å². The van der Waals surface area contributed by atoms with Crippen LogP contribution in [0.5, 0.6) is 0 Å². The van der Waals surface area contributed by atoms with Crippen molar-refractivity contribution >= 4 is 34.1 Å². The van der Waals surface area contributed by atoms with E-state index in [4.69, 9.17) is 0 Å². The molecule has 1 atom stereocenters. The predicted octanol–water partition coefficient (Wildman–Crippen LogP) is 27.4. The molecule has 0 spiro atoms. The fraction of sp³-hybridized carbons (Fsp3) is 0.0192. The fourth-order valence-electron chi connectivity index (χ4n) is 17.4. The van der Waals surface area contributed by atoms with E-state index in [1.165, 1.54) is 100 Å². The van der Waals surface area contributed by atoms with Crippen molar-refractivity contribution in [2.45, 2.75) is 10.8 Å². The Kier molecular flexibility index (Phi) is 16.1. The average molecular weight is 1350 g/mol. The number of benzene rings is 17. The van der Waals surface area contributed by atoms with Crippen LogP contribution >= 0.6 is 0 Å². The van der Waals surface area contributed by atoms with Crippen molar-refractivity contribution in [3.63, 3.8) is 0 Å². The van der Waals surface area contributed by atoms with Gasteiger partial charge in [0.15, 0.2) is 0 Å². The molecule has 106 heavy (non-hydrogen) atoms. The van der Waals surface area contributed by atoms with E-state index in [9.17, 15) is 0 Å². The summed E-state index contributed by atoms with van der Waals surface area (Å²) in [5, 5.41) is 0. The van der Waals surface area contributed by atoms with Crippen molar-refractivity contribution in [3.05, 3.63) is 481 Å². The third-order valence-electron chi connectivity index (χ3n) is 22.1. The van der Waals surface area contributed by atoms with Crippen LogP contribution in [0.4, 0.5) is 34.1 Å². The second-order valence-corrected chi connectivity index (χ2v) is 27.7. The summed E-state index contributed by atoms with van der Waals surface area (Å²) in [7, 11) is 0. The molecule has 498 valence electrons. The highest BCUT2D eigenvalue weighted by Crippen LogP contribution is 2.62. The zero-order valence-corrected chi connectivity index (χ0v) is 58.5. The van der Waals surface area contributed by atoms with E-state index in [0.29, 0.717) is 0 Å². The minimum atomic E-state index is -0.647. The lowest BCUT2D eigenvalue weighted by Crippen LogP contribution is -2.28. The molecule has 2 heteroatoms.